The van der Waals surface area contributed by atoms with Crippen LogP contribution in [0.15, 0.2) is 18.2 Å². The molecule has 0 saturated carbocycles. The molecule has 1 saturated heterocycles. The van der Waals surface area contributed by atoms with E-state index in [4.69, 9.17) is 21.4 Å². The fourth-order valence-corrected chi connectivity index (χ4v) is 2.00. The standard InChI is InChI=1S/C12H12ClNO4/c1-14-5-4-10(11(14)15)18-7-2-3-9(13)8(6-7)12(16)17/h2-3,6,10H,4-5H2,1H3,(H,16,17). The van der Waals surface area contributed by atoms with E-state index in [0.29, 0.717) is 18.7 Å². The lowest BCUT2D eigenvalue weighted by atomic mass is 10.2. The Labute approximate surface area is 109 Å². The lowest BCUT2D eigenvalue weighted by Gasteiger charge is -2.13. The Bertz CT molecular complexity index is 503. The number of ether oxygens (including phenoxy) is 1. The summed E-state index contributed by atoms with van der Waals surface area (Å²) in [4.78, 5) is 24.1. The molecule has 0 aliphatic carbocycles. The SMILES string of the molecule is CN1CCC(Oc2ccc(Cl)c(C(=O)O)c2)C1=O. The first-order chi connectivity index (χ1) is 8.49. The molecule has 1 amide bonds. The van der Waals surface area contributed by atoms with Crippen LogP contribution in [0.25, 0.3) is 0 Å². The number of hydrogen-bond donors (Lipinski definition) is 1. The van der Waals surface area contributed by atoms with Crippen LogP contribution in [-0.4, -0.2) is 41.6 Å². The minimum absolute atomic E-state index is 0.0343. The highest BCUT2D eigenvalue weighted by atomic mass is 35.5. The van der Waals surface area contributed by atoms with Gasteiger partial charge in [-0.3, -0.25) is 4.79 Å². The molecule has 1 aliphatic heterocycles. The van der Waals surface area contributed by atoms with Gasteiger partial charge in [-0.25, -0.2) is 4.79 Å². The van der Waals surface area contributed by atoms with Gasteiger partial charge in [0.2, 0.25) is 0 Å². The Morgan fingerprint density at radius 1 is 1.56 bits per heavy atom. The van der Waals surface area contributed by atoms with Gasteiger partial charge in [0.05, 0.1) is 10.6 Å². The summed E-state index contributed by atoms with van der Waals surface area (Å²) >= 11 is 5.75. The largest absolute Gasteiger partial charge is 0.481 e. The van der Waals surface area contributed by atoms with Gasteiger partial charge in [-0.15, -0.1) is 0 Å². The van der Waals surface area contributed by atoms with E-state index in [9.17, 15) is 9.59 Å². The summed E-state index contributed by atoms with van der Waals surface area (Å²) in [6.45, 7) is 0.642. The smallest absolute Gasteiger partial charge is 0.337 e. The van der Waals surface area contributed by atoms with Gasteiger partial charge in [-0.05, 0) is 18.2 Å². The molecule has 6 heteroatoms. The van der Waals surface area contributed by atoms with Gasteiger partial charge in [-0.1, -0.05) is 11.6 Å². The number of nitrogens with zero attached hydrogens (tertiary/aromatic N) is 1. The molecule has 96 valence electrons. The monoisotopic (exact) mass is 269 g/mol. The Hall–Kier alpha value is -1.75. The summed E-state index contributed by atoms with van der Waals surface area (Å²) in [7, 11) is 1.70. The topological polar surface area (TPSA) is 66.8 Å². The zero-order valence-electron chi connectivity index (χ0n) is 9.72. The molecular weight excluding hydrogens is 258 g/mol. The number of carbonyl (C=O) groups excluding carboxylic acids is 1. The van der Waals surface area contributed by atoms with E-state index >= 15 is 0 Å². The minimum atomic E-state index is -1.12. The number of aromatic carboxylic acids is 1. The average molecular weight is 270 g/mol. The molecule has 5 nitrogen and oxygen atoms in total. The maximum atomic E-state index is 11.7. The molecule has 18 heavy (non-hydrogen) atoms. The number of carbonyl (C=O) groups is 2. The van der Waals surface area contributed by atoms with Crippen molar-refractivity contribution < 1.29 is 19.4 Å². The van der Waals surface area contributed by atoms with Crippen molar-refractivity contribution in [3.63, 3.8) is 0 Å². The predicted octanol–water partition coefficient (Wildman–Crippen LogP) is 1.65. The number of benzene rings is 1. The van der Waals surface area contributed by atoms with Crippen molar-refractivity contribution in [2.75, 3.05) is 13.6 Å². The number of likely N-dealkylation sites (tertiary alicyclic amines) is 1. The van der Waals surface area contributed by atoms with Gasteiger partial charge in [0.15, 0.2) is 6.10 Å². The summed E-state index contributed by atoms with van der Waals surface area (Å²) in [5.41, 5.74) is -0.0343. The van der Waals surface area contributed by atoms with Gasteiger partial charge in [-0.2, -0.15) is 0 Å². The van der Waals surface area contributed by atoms with E-state index in [1.807, 2.05) is 0 Å². The zero-order valence-corrected chi connectivity index (χ0v) is 10.5. The summed E-state index contributed by atoms with van der Waals surface area (Å²) in [5, 5.41) is 9.07. The second kappa shape index (κ2) is 4.86. The van der Waals surface area contributed by atoms with Gasteiger partial charge in [0.25, 0.3) is 5.91 Å². The Morgan fingerprint density at radius 2 is 2.28 bits per heavy atom. The van der Waals surface area contributed by atoms with Crippen molar-refractivity contribution >= 4 is 23.5 Å². The molecule has 0 bridgehead atoms. The van der Waals surface area contributed by atoms with E-state index in [2.05, 4.69) is 0 Å². The molecule has 0 spiro atoms. The second-order valence-electron chi connectivity index (χ2n) is 4.10. The fraction of sp³-hybridized carbons (Fsp3) is 0.333. The van der Waals surface area contributed by atoms with E-state index < -0.39 is 12.1 Å². The number of hydrogen-bond acceptors (Lipinski definition) is 3. The first-order valence-electron chi connectivity index (χ1n) is 5.43. The lowest BCUT2D eigenvalue weighted by Crippen LogP contribution is -2.29. The van der Waals surface area contributed by atoms with Crippen LogP contribution >= 0.6 is 11.6 Å². The number of likely N-dealkylation sites (N-methyl/N-ethyl adjacent to an activating group) is 1. The Morgan fingerprint density at radius 3 is 2.83 bits per heavy atom. The molecule has 1 atom stereocenters. The van der Waals surface area contributed by atoms with Gasteiger partial charge in [0, 0.05) is 20.0 Å². The van der Waals surface area contributed by atoms with E-state index in [1.54, 1.807) is 18.0 Å². The molecule has 1 fully saturated rings. The van der Waals surface area contributed by atoms with Crippen LogP contribution in [0.5, 0.6) is 5.75 Å². The van der Waals surface area contributed by atoms with Crippen molar-refractivity contribution in [2.45, 2.75) is 12.5 Å². The maximum Gasteiger partial charge on any atom is 0.337 e. The Kier molecular flexibility index (Phi) is 3.43. The molecule has 1 aliphatic rings. The highest BCUT2D eigenvalue weighted by Crippen LogP contribution is 2.24. The molecule has 2 rings (SSSR count). The van der Waals surface area contributed by atoms with Crippen LogP contribution < -0.4 is 4.74 Å². The van der Waals surface area contributed by atoms with E-state index in [-0.39, 0.29) is 16.5 Å². The number of rotatable bonds is 3. The number of halogens is 1. The van der Waals surface area contributed by atoms with Crippen molar-refractivity contribution in [3.8, 4) is 5.75 Å². The lowest BCUT2D eigenvalue weighted by molar-refractivity contribution is -0.132. The molecule has 0 radical (unpaired) electrons. The van der Waals surface area contributed by atoms with Crippen molar-refractivity contribution in [1.29, 1.82) is 0 Å². The van der Waals surface area contributed by atoms with Gasteiger partial charge < -0.3 is 14.7 Å². The average Bonchev–Trinajstić information content (AvgIpc) is 2.63. The molecule has 1 aromatic carbocycles. The second-order valence-corrected chi connectivity index (χ2v) is 4.51. The van der Waals surface area contributed by atoms with Crippen LogP contribution in [0.3, 0.4) is 0 Å². The first-order valence-corrected chi connectivity index (χ1v) is 5.81. The van der Waals surface area contributed by atoms with Crippen molar-refractivity contribution in [2.24, 2.45) is 0 Å². The minimum Gasteiger partial charge on any atom is -0.481 e. The molecule has 1 N–H and O–H groups in total. The third kappa shape index (κ3) is 2.41. The van der Waals surface area contributed by atoms with Crippen molar-refractivity contribution in [1.82, 2.24) is 4.90 Å². The van der Waals surface area contributed by atoms with Crippen LogP contribution in [-0.2, 0) is 4.79 Å². The first kappa shape index (κ1) is 12.7. The van der Waals surface area contributed by atoms with Crippen LogP contribution in [0.4, 0.5) is 0 Å². The predicted molar refractivity (Wildman–Crippen MR) is 65.1 cm³/mol. The highest BCUT2D eigenvalue weighted by molar-refractivity contribution is 6.33. The number of amides is 1. The van der Waals surface area contributed by atoms with E-state index in [0.717, 1.165) is 0 Å². The molecule has 0 aromatic heterocycles. The summed E-state index contributed by atoms with van der Waals surface area (Å²) in [6, 6.07) is 4.33. The zero-order chi connectivity index (χ0) is 13.3. The van der Waals surface area contributed by atoms with Crippen LogP contribution in [0, 0.1) is 0 Å². The van der Waals surface area contributed by atoms with Crippen LogP contribution in [0.1, 0.15) is 16.8 Å². The normalized spacial score (nSPS) is 19.1. The molecule has 1 heterocycles. The molecule has 1 unspecified atom stereocenters. The summed E-state index contributed by atoms with van der Waals surface area (Å²) in [5.74, 6) is -0.882. The third-order valence-corrected chi connectivity index (χ3v) is 3.15. The third-order valence-electron chi connectivity index (χ3n) is 2.82. The Balaban J connectivity index is 2.18. The highest BCUT2D eigenvalue weighted by Gasteiger charge is 2.30. The fourth-order valence-electron chi connectivity index (χ4n) is 1.81. The number of carboxylic acid groups (broad SMARTS) is 1. The van der Waals surface area contributed by atoms with Crippen LogP contribution in [0.2, 0.25) is 5.02 Å². The summed E-state index contributed by atoms with van der Waals surface area (Å²) in [6.07, 6.45) is 0.0539. The van der Waals surface area contributed by atoms with Crippen molar-refractivity contribution in [3.05, 3.63) is 28.8 Å². The molecule has 1 aromatic rings. The van der Waals surface area contributed by atoms with Gasteiger partial charge >= 0.3 is 5.97 Å². The number of carboxylic acids is 1. The summed E-state index contributed by atoms with van der Waals surface area (Å²) < 4.78 is 5.49. The quantitative estimate of drug-likeness (QED) is 0.906. The maximum absolute atomic E-state index is 11.7. The molecular formula is C12H12ClNO4. The van der Waals surface area contributed by atoms with E-state index in [1.165, 1.54) is 12.1 Å². The van der Waals surface area contributed by atoms with Gasteiger partial charge in [0.1, 0.15) is 5.75 Å².